The Morgan fingerprint density at radius 1 is 1.22 bits per heavy atom. The van der Waals surface area contributed by atoms with Crippen molar-refractivity contribution in [1.82, 2.24) is 29.5 Å². The van der Waals surface area contributed by atoms with Gasteiger partial charge < -0.3 is 20.7 Å². The van der Waals surface area contributed by atoms with Crippen molar-refractivity contribution >= 4 is 23.2 Å². The maximum absolute atomic E-state index is 15.0. The number of hydrogen-bond donors (Lipinski definition) is 3. The van der Waals surface area contributed by atoms with E-state index in [9.17, 15) is 14.7 Å². The average molecular weight is 504 g/mol. The Kier molecular flexibility index (Phi) is 5.52. The molecule has 1 amide bonds. The molecular weight excluding hydrogens is 477 g/mol. The summed E-state index contributed by atoms with van der Waals surface area (Å²) in [4.78, 5) is 38.8. The summed E-state index contributed by atoms with van der Waals surface area (Å²) in [6.07, 6.45) is 7.71. The van der Waals surface area contributed by atoms with E-state index < -0.39 is 12.4 Å². The molecule has 0 spiro atoms. The van der Waals surface area contributed by atoms with Gasteiger partial charge >= 0.3 is 0 Å². The molecule has 4 aromatic rings. The van der Waals surface area contributed by atoms with E-state index in [1.165, 1.54) is 17.5 Å². The number of aliphatic hydroxyl groups excluding tert-OH is 1. The summed E-state index contributed by atoms with van der Waals surface area (Å²) in [6, 6.07) is 4.79. The van der Waals surface area contributed by atoms with Crippen LogP contribution in [0, 0.1) is 5.82 Å². The third-order valence-electron chi connectivity index (χ3n) is 7.64. The highest BCUT2D eigenvalue weighted by Crippen LogP contribution is 2.44. The summed E-state index contributed by atoms with van der Waals surface area (Å²) in [5.74, 6) is -0.397. The standard InChI is InChI=1S/C26H26FN7O3/c1-13(36)22-23(15-8-16-3-4-17(9-15)33(16)21(37)12-35)32-26-19(11-31-34(26)24(22)28)14-2-5-18(20(27)10-14)25-29-6-7-30-25/h2,5-7,10-11,15-17,35H,3-4,8-9,12,28H2,1H3,(H,29,30)/t15?,16-,17+. The second-order valence-electron chi connectivity index (χ2n) is 9.75. The molecule has 10 nitrogen and oxygen atoms in total. The van der Waals surface area contributed by atoms with Crippen LogP contribution >= 0.6 is 0 Å². The van der Waals surface area contributed by atoms with Gasteiger partial charge in [0.1, 0.15) is 24.1 Å². The van der Waals surface area contributed by atoms with Gasteiger partial charge in [0, 0.05) is 36.0 Å². The molecule has 2 aliphatic heterocycles. The Labute approximate surface area is 211 Å². The number of nitrogen functional groups attached to an aromatic ring is 1. The number of hydrogen-bond acceptors (Lipinski definition) is 7. The smallest absolute Gasteiger partial charge is 0.248 e. The first-order valence-corrected chi connectivity index (χ1v) is 12.3. The Hall–Kier alpha value is -4.12. The molecule has 2 bridgehead atoms. The van der Waals surface area contributed by atoms with Crippen LogP contribution in [-0.4, -0.2) is 65.0 Å². The number of imidazole rings is 1. The molecule has 4 N–H and O–H groups in total. The summed E-state index contributed by atoms with van der Waals surface area (Å²) in [7, 11) is 0. The summed E-state index contributed by atoms with van der Waals surface area (Å²) in [6.45, 7) is 0.941. The number of carbonyl (C=O) groups is 2. The third-order valence-corrected chi connectivity index (χ3v) is 7.64. The third kappa shape index (κ3) is 3.69. The first-order valence-electron chi connectivity index (χ1n) is 12.3. The highest BCUT2D eigenvalue weighted by molar-refractivity contribution is 6.00. The van der Waals surface area contributed by atoms with Gasteiger partial charge in [-0.05, 0) is 50.3 Å². The normalized spacial score (nSPS) is 21.1. The number of aromatic amines is 1. The number of H-pyrrole nitrogens is 1. The minimum Gasteiger partial charge on any atom is -0.387 e. The number of benzene rings is 1. The minimum absolute atomic E-state index is 0.0184. The molecule has 3 atom stereocenters. The average Bonchev–Trinajstić information content (AvgIpc) is 3.61. The molecule has 2 aliphatic rings. The van der Waals surface area contributed by atoms with Crippen molar-refractivity contribution in [1.29, 1.82) is 0 Å². The number of aromatic nitrogens is 5. The molecule has 3 aromatic heterocycles. The monoisotopic (exact) mass is 503 g/mol. The Morgan fingerprint density at radius 3 is 2.59 bits per heavy atom. The molecule has 0 radical (unpaired) electrons. The van der Waals surface area contributed by atoms with Gasteiger partial charge in [-0.25, -0.2) is 14.4 Å². The first kappa shape index (κ1) is 23.3. The van der Waals surface area contributed by atoms with Gasteiger partial charge in [-0.1, -0.05) is 6.07 Å². The van der Waals surface area contributed by atoms with Crippen LogP contribution in [-0.2, 0) is 4.79 Å². The fourth-order valence-corrected chi connectivity index (χ4v) is 6.07. The van der Waals surface area contributed by atoms with E-state index in [0.29, 0.717) is 52.3 Å². The summed E-state index contributed by atoms with van der Waals surface area (Å²) in [5, 5.41) is 13.8. The lowest BCUT2D eigenvalue weighted by atomic mass is 9.85. The van der Waals surface area contributed by atoms with Crippen molar-refractivity contribution in [3.63, 3.8) is 0 Å². The number of nitrogens with zero attached hydrogens (tertiary/aromatic N) is 5. The fourth-order valence-electron chi connectivity index (χ4n) is 6.07. The van der Waals surface area contributed by atoms with Gasteiger partial charge in [-0.3, -0.25) is 9.59 Å². The number of ketones is 1. The van der Waals surface area contributed by atoms with E-state index in [1.807, 2.05) is 0 Å². The summed E-state index contributed by atoms with van der Waals surface area (Å²) >= 11 is 0. The largest absolute Gasteiger partial charge is 0.387 e. The molecule has 6 rings (SSSR count). The van der Waals surface area contributed by atoms with Gasteiger partial charge in [-0.2, -0.15) is 9.61 Å². The quantitative estimate of drug-likeness (QED) is 0.355. The molecule has 0 aliphatic carbocycles. The predicted molar refractivity (Wildman–Crippen MR) is 133 cm³/mol. The number of halogens is 1. The van der Waals surface area contributed by atoms with Crippen LogP contribution in [0.2, 0.25) is 0 Å². The van der Waals surface area contributed by atoms with Crippen LogP contribution in [0.15, 0.2) is 36.8 Å². The molecule has 1 aromatic carbocycles. The zero-order valence-corrected chi connectivity index (χ0v) is 20.2. The summed E-state index contributed by atoms with van der Waals surface area (Å²) in [5.41, 5.74) is 9.32. The van der Waals surface area contributed by atoms with Crippen LogP contribution in [0.4, 0.5) is 10.2 Å². The number of nitrogens with two attached hydrogens (primary N) is 1. The second-order valence-corrected chi connectivity index (χ2v) is 9.75. The molecule has 2 fully saturated rings. The number of rotatable bonds is 5. The van der Waals surface area contributed by atoms with Gasteiger partial charge in [0.2, 0.25) is 5.91 Å². The molecule has 1 unspecified atom stereocenters. The van der Waals surface area contributed by atoms with Crippen LogP contribution in [0.25, 0.3) is 28.2 Å². The molecular formula is C26H26FN7O3. The van der Waals surface area contributed by atoms with Crippen LogP contribution < -0.4 is 5.73 Å². The Morgan fingerprint density at radius 2 is 1.97 bits per heavy atom. The van der Waals surface area contributed by atoms with Gasteiger partial charge in [0.25, 0.3) is 0 Å². The second kappa shape index (κ2) is 8.77. The zero-order valence-electron chi connectivity index (χ0n) is 20.2. The van der Waals surface area contributed by atoms with Crippen LogP contribution in [0.5, 0.6) is 0 Å². The van der Waals surface area contributed by atoms with Gasteiger partial charge in [0.05, 0.1) is 23.0 Å². The Balaban J connectivity index is 1.44. The van der Waals surface area contributed by atoms with E-state index in [-0.39, 0.29) is 35.5 Å². The van der Waals surface area contributed by atoms with Crippen LogP contribution in [0.3, 0.4) is 0 Å². The Bertz CT molecular complexity index is 1520. The minimum atomic E-state index is -0.512. The lowest BCUT2D eigenvalue weighted by Gasteiger charge is -2.39. The van der Waals surface area contributed by atoms with E-state index >= 15 is 4.39 Å². The van der Waals surface area contributed by atoms with E-state index in [0.717, 1.165) is 12.8 Å². The first-order chi connectivity index (χ1) is 17.9. The van der Waals surface area contributed by atoms with Crippen molar-refractivity contribution in [3.05, 3.63) is 53.9 Å². The number of carbonyl (C=O) groups excluding carboxylic acids is 2. The highest BCUT2D eigenvalue weighted by Gasteiger charge is 2.44. The lowest BCUT2D eigenvalue weighted by Crippen LogP contribution is -2.47. The number of amides is 1. The van der Waals surface area contributed by atoms with E-state index in [1.54, 1.807) is 35.6 Å². The van der Waals surface area contributed by atoms with Crippen molar-refractivity contribution in [2.75, 3.05) is 12.3 Å². The van der Waals surface area contributed by atoms with Crippen molar-refractivity contribution in [2.45, 2.75) is 50.6 Å². The van der Waals surface area contributed by atoms with Crippen LogP contribution in [0.1, 0.15) is 54.6 Å². The van der Waals surface area contributed by atoms with Gasteiger partial charge in [-0.15, -0.1) is 0 Å². The maximum atomic E-state index is 15.0. The molecule has 11 heteroatoms. The molecule has 0 saturated carbocycles. The number of aliphatic hydroxyl groups is 1. The maximum Gasteiger partial charge on any atom is 0.248 e. The number of Topliss-reactive ketones (excluding diaryl/α,β-unsaturated/α-hetero) is 1. The fraction of sp³-hybridized carbons (Fsp3) is 0.346. The van der Waals surface area contributed by atoms with Crippen molar-refractivity contribution in [3.8, 4) is 22.5 Å². The van der Waals surface area contributed by atoms with Crippen molar-refractivity contribution < 1.29 is 19.1 Å². The SMILES string of the molecule is CC(=O)c1c(C2C[C@H]3CC[C@@H](C2)N3C(=O)CO)nc2c(-c3ccc(-c4ncc[nH]4)c(F)c3)cnn2c1N. The molecule has 37 heavy (non-hydrogen) atoms. The topological polar surface area (TPSA) is 142 Å². The van der Waals surface area contributed by atoms with E-state index in [4.69, 9.17) is 10.7 Å². The molecule has 5 heterocycles. The predicted octanol–water partition coefficient (Wildman–Crippen LogP) is 2.94. The molecule has 2 saturated heterocycles. The molecule has 190 valence electrons. The zero-order chi connectivity index (χ0) is 25.8. The number of anilines is 1. The summed E-state index contributed by atoms with van der Waals surface area (Å²) < 4.78 is 16.4. The lowest BCUT2D eigenvalue weighted by molar-refractivity contribution is -0.138. The van der Waals surface area contributed by atoms with E-state index in [2.05, 4.69) is 15.1 Å². The van der Waals surface area contributed by atoms with Crippen molar-refractivity contribution in [2.24, 2.45) is 0 Å². The number of fused-ring (bicyclic) bond motifs is 3. The number of piperidine rings is 1. The number of nitrogens with one attached hydrogen (secondary N) is 1. The van der Waals surface area contributed by atoms with Gasteiger partial charge in [0.15, 0.2) is 11.4 Å². The highest BCUT2D eigenvalue weighted by atomic mass is 19.1.